The maximum Gasteiger partial charge on any atom is 0.261 e. The number of halogens is 3. The van der Waals surface area contributed by atoms with Gasteiger partial charge < -0.3 is 11.1 Å². The Bertz CT molecular complexity index is 1180. The Morgan fingerprint density at radius 3 is 2.37 bits per heavy atom. The summed E-state index contributed by atoms with van der Waals surface area (Å²) in [5, 5.41) is 2.86. The van der Waals surface area contributed by atoms with Crippen molar-refractivity contribution in [3.05, 3.63) is 87.7 Å². The van der Waals surface area contributed by atoms with Crippen molar-refractivity contribution in [3.63, 3.8) is 0 Å². The summed E-state index contributed by atoms with van der Waals surface area (Å²) >= 11 is 11.7. The molecule has 4 N–H and O–H groups in total. The second-order valence-electron chi connectivity index (χ2n) is 6.19. The lowest BCUT2D eigenvalue weighted by molar-refractivity contribution is 0.102. The summed E-state index contributed by atoms with van der Waals surface area (Å²) in [6.07, 6.45) is 0. The fourth-order valence-electron chi connectivity index (χ4n) is 2.65. The molecular weight excluding hydrogens is 452 g/mol. The molecule has 1 amide bonds. The van der Waals surface area contributed by atoms with Crippen molar-refractivity contribution in [1.82, 2.24) is 0 Å². The molecule has 0 unspecified atom stereocenters. The van der Waals surface area contributed by atoms with E-state index in [-0.39, 0.29) is 33.4 Å². The molecule has 0 radical (unpaired) electrons. The summed E-state index contributed by atoms with van der Waals surface area (Å²) in [6, 6.07) is 14.0. The minimum atomic E-state index is -3.93. The second-order valence-corrected chi connectivity index (χ2v) is 8.71. The van der Waals surface area contributed by atoms with Crippen molar-refractivity contribution < 1.29 is 17.6 Å². The van der Waals surface area contributed by atoms with Crippen molar-refractivity contribution >= 4 is 50.5 Å². The lowest BCUT2D eigenvalue weighted by Crippen LogP contribution is -2.17. The fourth-order valence-corrected chi connectivity index (χ4v) is 4.12. The first-order valence-corrected chi connectivity index (χ1v) is 10.8. The first-order chi connectivity index (χ1) is 14.2. The van der Waals surface area contributed by atoms with Gasteiger partial charge in [0.15, 0.2) is 0 Å². The third-order valence-corrected chi connectivity index (χ3v) is 6.09. The molecule has 3 aromatic rings. The normalized spacial score (nSPS) is 11.2. The maximum absolute atomic E-state index is 14.0. The zero-order valence-corrected chi connectivity index (χ0v) is 17.7. The monoisotopic (exact) mass is 467 g/mol. The third kappa shape index (κ3) is 4.91. The number of anilines is 2. The standard InChI is InChI=1S/C20H16Cl2FN3O3S/c21-13-5-8-15(9-6-13)30(28,29)26-18-10-14(7-4-12(18)11-24)25-20(27)19-16(22)2-1-3-17(19)23/h1-10,26H,11,24H2,(H,25,27). The Labute approximate surface area is 182 Å². The highest BCUT2D eigenvalue weighted by molar-refractivity contribution is 7.92. The molecule has 0 atom stereocenters. The van der Waals surface area contributed by atoms with Gasteiger partial charge in [0.1, 0.15) is 5.82 Å². The molecule has 0 bridgehead atoms. The summed E-state index contributed by atoms with van der Waals surface area (Å²) in [5.41, 5.74) is 6.28. The molecule has 3 aromatic carbocycles. The largest absolute Gasteiger partial charge is 0.326 e. The van der Waals surface area contributed by atoms with Gasteiger partial charge in [-0.15, -0.1) is 0 Å². The molecule has 0 saturated carbocycles. The predicted molar refractivity (Wildman–Crippen MR) is 116 cm³/mol. The first-order valence-electron chi connectivity index (χ1n) is 8.58. The Balaban J connectivity index is 1.90. The Hall–Kier alpha value is -2.65. The van der Waals surface area contributed by atoms with Gasteiger partial charge in [-0.25, -0.2) is 12.8 Å². The minimum absolute atomic E-state index is 0.00227. The zero-order chi connectivity index (χ0) is 21.9. The third-order valence-electron chi connectivity index (χ3n) is 4.15. The van der Waals surface area contributed by atoms with Crippen molar-refractivity contribution in [2.24, 2.45) is 5.73 Å². The van der Waals surface area contributed by atoms with E-state index in [0.29, 0.717) is 10.6 Å². The number of amides is 1. The van der Waals surface area contributed by atoms with Crippen LogP contribution < -0.4 is 15.8 Å². The molecule has 0 spiro atoms. The number of hydrogen-bond acceptors (Lipinski definition) is 4. The van der Waals surface area contributed by atoms with Gasteiger partial charge in [-0.05, 0) is 54.1 Å². The van der Waals surface area contributed by atoms with Crippen LogP contribution in [0.5, 0.6) is 0 Å². The van der Waals surface area contributed by atoms with Crippen molar-refractivity contribution in [2.75, 3.05) is 10.0 Å². The Kier molecular flexibility index (Phi) is 6.62. The van der Waals surface area contributed by atoms with Crippen LogP contribution in [0.2, 0.25) is 10.0 Å². The van der Waals surface area contributed by atoms with E-state index in [2.05, 4.69) is 10.0 Å². The topological polar surface area (TPSA) is 101 Å². The van der Waals surface area contributed by atoms with E-state index in [4.69, 9.17) is 28.9 Å². The maximum atomic E-state index is 14.0. The molecule has 3 rings (SSSR count). The van der Waals surface area contributed by atoms with Gasteiger partial charge in [-0.2, -0.15) is 0 Å². The molecule has 156 valence electrons. The SMILES string of the molecule is NCc1ccc(NC(=O)c2c(F)cccc2Cl)cc1NS(=O)(=O)c1ccc(Cl)cc1. The van der Waals surface area contributed by atoms with Gasteiger partial charge in [-0.3, -0.25) is 9.52 Å². The van der Waals surface area contributed by atoms with Crippen LogP contribution in [-0.4, -0.2) is 14.3 Å². The summed E-state index contributed by atoms with van der Waals surface area (Å²) in [5.74, 6) is -1.55. The van der Waals surface area contributed by atoms with Gasteiger partial charge >= 0.3 is 0 Å². The van der Waals surface area contributed by atoms with E-state index in [1.807, 2.05) is 0 Å². The molecule has 0 aliphatic carbocycles. The molecule has 0 aliphatic rings. The predicted octanol–water partition coefficient (Wildman–Crippen LogP) is 4.64. The van der Waals surface area contributed by atoms with E-state index in [1.54, 1.807) is 6.07 Å². The molecule has 30 heavy (non-hydrogen) atoms. The number of carbonyl (C=O) groups is 1. The number of hydrogen-bond donors (Lipinski definition) is 3. The number of carbonyl (C=O) groups excluding carboxylic acids is 1. The average molecular weight is 468 g/mol. The molecule has 6 nitrogen and oxygen atoms in total. The van der Waals surface area contributed by atoms with E-state index >= 15 is 0 Å². The van der Waals surface area contributed by atoms with Crippen molar-refractivity contribution in [3.8, 4) is 0 Å². The lowest BCUT2D eigenvalue weighted by atomic mass is 10.1. The molecular formula is C20H16Cl2FN3O3S. The smallest absolute Gasteiger partial charge is 0.261 e. The van der Waals surface area contributed by atoms with Crippen LogP contribution in [0.1, 0.15) is 15.9 Å². The fraction of sp³-hybridized carbons (Fsp3) is 0.0500. The molecule has 10 heteroatoms. The molecule has 0 heterocycles. The highest BCUT2D eigenvalue weighted by Gasteiger charge is 2.19. The number of rotatable bonds is 6. The van der Waals surface area contributed by atoms with E-state index in [1.165, 1.54) is 48.5 Å². The van der Waals surface area contributed by atoms with Gasteiger partial charge in [0, 0.05) is 17.3 Å². The summed E-state index contributed by atoms with van der Waals surface area (Å²) in [4.78, 5) is 12.5. The van der Waals surface area contributed by atoms with Gasteiger partial charge in [0.05, 0.1) is 21.2 Å². The van der Waals surface area contributed by atoms with Gasteiger partial charge in [0.2, 0.25) is 0 Å². The first kappa shape index (κ1) is 22.0. The summed E-state index contributed by atoms with van der Waals surface area (Å²) in [7, 11) is -3.93. The number of sulfonamides is 1. The van der Waals surface area contributed by atoms with Gasteiger partial charge in [-0.1, -0.05) is 35.3 Å². The van der Waals surface area contributed by atoms with Crippen molar-refractivity contribution in [1.29, 1.82) is 0 Å². The lowest BCUT2D eigenvalue weighted by Gasteiger charge is -2.14. The van der Waals surface area contributed by atoms with Crippen LogP contribution in [0.4, 0.5) is 15.8 Å². The molecule has 0 saturated heterocycles. The average Bonchev–Trinajstić information content (AvgIpc) is 2.68. The van der Waals surface area contributed by atoms with Crippen LogP contribution >= 0.6 is 23.2 Å². The number of benzene rings is 3. The van der Waals surface area contributed by atoms with Crippen LogP contribution in [0.25, 0.3) is 0 Å². The zero-order valence-electron chi connectivity index (χ0n) is 15.3. The minimum Gasteiger partial charge on any atom is -0.326 e. The van der Waals surface area contributed by atoms with Crippen LogP contribution in [0, 0.1) is 5.82 Å². The van der Waals surface area contributed by atoms with Crippen LogP contribution in [-0.2, 0) is 16.6 Å². The van der Waals surface area contributed by atoms with Crippen LogP contribution in [0.15, 0.2) is 65.6 Å². The van der Waals surface area contributed by atoms with E-state index in [9.17, 15) is 17.6 Å². The number of nitrogens with two attached hydrogens (primary N) is 1. The number of nitrogens with one attached hydrogen (secondary N) is 2. The summed E-state index contributed by atoms with van der Waals surface area (Å²) < 4.78 is 41.8. The van der Waals surface area contributed by atoms with E-state index < -0.39 is 21.7 Å². The van der Waals surface area contributed by atoms with E-state index in [0.717, 1.165) is 6.07 Å². The summed E-state index contributed by atoms with van der Waals surface area (Å²) in [6.45, 7) is 0.0475. The van der Waals surface area contributed by atoms with Gasteiger partial charge in [0.25, 0.3) is 15.9 Å². The Morgan fingerprint density at radius 1 is 1.03 bits per heavy atom. The highest BCUT2D eigenvalue weighted by atomic mass is 35.5. The quantitative estimate of drug-likeness (QED) is 0.491. The molecule has 0 aliphatic heterocycles. The molecule has 0 aromatic heterocycles. The van der Waals surface area contributed by atoms with Crippen LogP contribution in [0.3, 0.4) is 0 Å². The van der Waals surface area contributed by atoms with Crippen molar-refractivity contribution in [2.45, 2.75) is 11.4 Å². The molecule has 0 fully saturated rings. The second kappa shape index (κ2) is 9.01. The Morgan fingerprint density at radius 2 is 1.73 bits per heavy atom. The highest BCUT2D eigenvalue weighted by Crippen LogP contribution is 2.26.